The maximum atomic E-state index is 13.1. The van der Waals surface area contributed by atoms with E-state index in [1.165, 1.54) is 26.8 Å². The Kier molecular flexibility index (Phi) is 6.26. The van der Waals surface area contributed by atoms with E-state index < -0.39 is 6.10 Å². The number of carbonyl (C=O) groups is 1. The lowest BCUT2D eigenvalue weighted by Gasteiger charge is -2.15. The van der Waals surface area contributed by atoms with Gasteiger partial charge in [0, 0.05) is 15.8 Å². The fraction of sp³-hybridized carbons (Fsp3) is 0.273. The first-order valence-corrected chi connectivity index (χ1v) is 11.4. The van der Waals surface area contributed by atoms with Crippen LogP contribution in [0.1, 0.15) is 39.2 Å². The van der Waals surface area contributed by atoms with E-state index in [4.69, 9.17) is 0 Å². The molecule has 1 aliphatic rings. The number of aliphatic hydroxyl groups excluding tert-OH is 1. The minimum atomic E-state index is -0.422. The van der Waals surface area contributed by atoms with Crippen molar-refractivity contribution in [3.63, 3.8) is 0 Å². The van der Waals surface area contributed by atoms with Crippen LogP contribution in [0.4, 0.5) is 5.82 Å². The zero-order valence-corrected chi connectivity index (χ0v) is 18.7. The van der Waals surface area contributed by atoms with Crippen molar-refractivity contribution >= 4 is 45.5 Å². The van der Waals surface area contributed by atoms with Crippen molar-refractivity contribution in [1.82, 2.24) is 9.97 Å². The van der Waals surface area contributed by atoms with Gasteiger partial charge in [-0.3, -0.25) is 4.79 Å². The van der Waals surface area contributed by atoms with Gasteiger partial charge in [-0.1, -0.05) is 12.1 Å². The first kappa shape index (κ1) is 20.4. The molecule has 0 amide bonds. The van der Waals surface area contributed by atoms with E-state index in [-0.39, 0.29) is 17.7 Å². The van der Waals surface area contributed by atoms with Crippen molar-refractivity contribution in [2.75, 3.05) is 5.32 Å². The van der Waals surface area contributed by atoms with Gasteiger partial charge in [0.2, 0.25) is 5.78 Å². The minimum Gasteiger partial charge on any atom is -0.393 e. The van der Waals surface area contributed by atoms with E-state index >= 15 is 0 Å². The van der Waals surface area contributed by atoms with Gasteiger partial charge in [0.25, 0.3) is 0 Å². The predicted octanol–water partition coefficient (Wildman–Crippen LogP) is 4.35. The summed E-state index contributed by atoms with van der Waals surface area (Å²) in [5.41, 5.74) is 2.80. The fourth-order valence-electron chi connectivity index (χ4n) is 3.63. The van der Waals surface area contributed by atoms with Gasteiger partial charge in [0.15, 0.2) is 0 Å². The number of aliphatic hydroxyl groups is 1. The minimum absolute atomic E-state index is 0.00519. The first-order valence-electron chi connectivity index (χ1n) is 9.44. The summed E-state index contributed by atoms with van der Waals surface area (Å²) in [5.74, 6) is 0.426. The second-order valence-electron chi connectivity index (χ2n) is 7.38. The molecule has 5 nitrogen and oxygen atoms in total. The quantitative estimate of drug-likeness (QED) is 0.375. The number of hydrogen-bond donors (Lipinski definition) is 2. The van der Waals surface area contributed by atoms with Gasteiger partial charge in [0.1, 0.15) is 12.1 Å². The molecule has 29 heavy (non-hydrogen) atoms. The highest BCUT2D eigenvalue weighted by atomic mass is 127. The standard InChI is InChI=1S/C22H21IN3O2S/c1-13-5-17(9-19(13)27)26-22-18(10-24-12-25-22)21(28)20-8-15(11-29-20)6-14-3-2-4-16(23)7-14/h2-4,7-8,10-13,17,19,27H,1,5-6,9H2,(H,24,25,26)/t13-,17-,19+/m1/s1. The summed E-state index contributed by atoms with van der Waals surface area (Å²) >= 11 is 3.75. The molecular formula is C22H21IN3O2S. The third-order valence-electron chi connectivity index (χ3n) is 5.13. The molecule has 1 fully saturated rings. The van der Waals surface area contributed by atoms with Crippen LogP contribution in [0.5, 0.6) is 0 Å². The molecule has 3 aromatic rings. The molecule has 0 spiro atoms. The first-order chi connectivity index (χ1) is 14.0. The largest absolute Gasteiger partial charge is 0.393 e. The fourth-order valence-corrected chi connectivity index (χ4v) is 5.10. The number of rotatable bonds is 6. The molecule has 1 saturated carbocycles. The zero-order chi connectivity index (χ0) is 20.4. The van der Waals surface area contributed by atoms with Crippen LogP contribution in [-0.4, -0.2) is 33.0 Å². The second-order valence-corrected chi connectivity index (χ2v) is 9.54. The lowest BCUT2D eigenvalue weighted by Crippen LogP contribution is -2.20. The van der Waals surface area contributed by atoms with Crippen LogP contribution in [0, 0.1) is 16.4 Å². The van der Waals surface area contributed by atoms with Gasteiger partial charge in [0.05, 0.1) is 16.5 Å². The van der Waals surface area contributed by atoms with E-state index in [1.807, 2.05) is 17.5 Å². The number of benzene rings is 1. The summed E-state index contributed by atoms with van der Waals surface area (Å²) in [7, 11) is 0. The van der Waals surface area contributed by atoms with Gasteiger partial charge in [-0.15, -0.1) is 11.3 Å². The van der Waals surface area contributed by atoms with Gasteiger partial charge < -0.3 is 10.4 Å². The molecule has 149 valence electrons. The number of halogens is 1. The Morgan fingerprint density at radius 2 is 2.17 bits per heavy atom. The number of anilines is 1. The van der Waals surface area contributed by atoms with Crippen LogP contribution >= 0.6 is 33.9 Å². The SMILES string of the molecule is [CH2][C@@H]1C[C@@H](Nc2ncncc2C(=O)c2cc(Cc3cccc(I)c3)cs2)C[C@@H]1O. The Bertz CT molecular complexity index is 1010. The van der Waals surface area contributed by atoms with E-state index in [2.05, 4.69) is 63.0 Å². The average Bonchev–Trinajstić information content (AvgIpc) is 3.28. The number of nitrogens with zero attached hydrogens (tertiary/aromatic N) is 2. The summed E-state index contributed by atoms with van der Waals surface area (Å²) in [5, 5.41) is 15.3. The number of carbonyl (C=O) groups excluding carboxylic acids is 1. The van der Waals surface area contributed by atoms with Gasteiger partial charge >= 0.3 is 0 Å². The molecule has 0 aliphatic heterocycles. The Morgan fingerprint density at radius 1 is 1.31 bits per heavy atom. The third-order valence-corrected chi connectivity index (χ3v) is 6.78. The van der Waals surface area contributed by atoms with Gasteiger partial charge in [-0.25, -0.2) is 9.97 Å². The number of aromatic nitrogens is 2. The van der Waals surface area contributed by atoms with E-state index in [0.29, 0.717) is 22.7 Å². The molecule has 0 bridgehead atoms. The summed E-state index contributed by atoms with van der Waals surface area (Å²) in [4.78, 5) is 22.1. The highest BCUT2D eigenvalue weighted by Gasteiger charge is 2.31. The molecular weight excluding hydrogens is 497 g/mol. The Hall–Kier alpha value is -1.84. The number of nitrogens with one attached hydrogen (secondary N) is 1. The van der Waals surface area contributed by atoms with Crippen LogP contribution in [-0.2, 0) is 6.42 Å². The molecule has 2 heterocycles. The maximum Gasteiger partial charge on any atom is 0.208 e. The molecule has 3 atom stereocenters. The van der Waals surface area contributed by atoms with Gasteiger partial charge in [-0.2, -0.15) is 0 Å². The predicted molar refractivity (Wildman–Crippen MR) is 123 cm³/mol. The van der Waals surface area contributed by atoms with E-state index in [9.17, 15) is 9.90 Å². The third kappa shape index (κ3) is 4.84. The number of hydrogen-bond acceptors (Lipinski definition) is 6. The molecule has 1 aliphatic carbocycles. The monoisotopic (exact) mass is 518 g/mol. The molecule has 2 aromatic heterocycles. The lowest BCUT2D eigenvalue weighted by molar-refractivity contribution is 0.104. The molecule has 2 N–H and O–H groups in total. The van der Waals surface area contributed by atoms with Crippen molar-refractivity contribution < 1.29 is 9.90 Å². The highest BCUT2D eigenvalue weighted by molar-refractivity contribution is 14.1. The summed E-state index contributed by atoms with van der Waals surface area (Å²) in [6, 6.07) is 10.4. The van der Waals surface area contributed by atoms with Crippen molar-refractivity contribution in [1.29, 1.82) is 0 Å². The molecule has 0 unspecified atom stereocenters. The molecule has 1 radical (unpaired) electrons. The normalized spacial score (nSPS) is 21.3. The molecule has 7 heteroatoms. The van der Waals surface area contributed by atoms with Crippen LogP contribution in [0.3, 0.4) is 0 Å². The van der Waals surface area contributed by atoms with Crippen LogP contribution in [0.15, 0.2) is 48.2 Å². The van der Waals surface area contributed by atoms with E-state index in [0.717, 1.165) is 18.4 Å². The van der Waals surface area contributed by atoms with Crippen molar-refractivity contribution in [2.24, 2.45) is 5.92 Å². The lowest BCUT2D eigenvalue weighted by atomic mass is 10.1. The Labute approximate surface area is 187 Å². The summed E-state index contributed by atoms with van der Waals surface area (Å²) in [6.07, 6.45) is 4.71. The van der Waals surface area contributed by atoms with Crippen LogP contribution < -0.4 is 5.32 Å². The average molecular weight is 518 g/mol. The summed E-state index contributed by atoms with van der Waals surface area (Å²) in [6.45, 7) is 3.97. The van der Waals surface area contributed by atoms with Crippen LogP contribution in [0.25, 0.3) is 0 Å². The van der Waals surface area contributed by atoms with Gasteiger partial charge in [-0.05, 0) is 89.4 Å². The van der Waals surface area contributed by atoms with Crippen molar-refractivity contribution in [3.8, 4) is 0 Å². The number of thiophene rings is 1. The van der Waals surface area contributed by atoms with E-state index in [1.54, 1.807) is 6.20 Å². The zero-order valence-electron chi connectivity index (χ0n) is 15.7. The Morgan fingerprint density at radius 3 is 2.93 bits per heavy atom. The van der Waals surface area contributed by atoms with Crippen molar-refractivity contribution in [2.45, 2.75) is 31.4 Å². The summed E-state index contributed by atoms with van der Waals surface area (Å²) < 4.78 is 1.20. The van der Waals surface area contributed by atoms with Crippen molar-refractivity contribution in [3.05, 3.63) is 80.3 Å². The van der Waals surface area contributed by atoms with Crippen LogP contribution in [0.2, 0.25) is 0 Å². The maximum absolute atomic E-state index is 13.1. The molecule has 0 saturated heterocycles. The molecule has 1 aromatic carbocycles. The highest BCUT2D eigenvalue weighted by Crippen LogP contribution is 2.29. The number of ketones is 1. The Balaban J connectivity index is 1.51. The topological polar surface area (TPSA) is 75.1 Å². The smallest absolute Gasteiger partial charge is 0.208 e. The second kappa shape index (κ2) is 8.89. The molecule has 4 rings (SSSR count).